The first-order chi connectivity index (χ1) is 10.4. The molecule has 1 aromatic carbocycles. The molecule has 6 N–H and O–H groups in total. The lowest BCUT2D eigenvalue weighted by Crippen LogP contribution is -2.46. The van der Waals surface area contributed by atoms with Crippen molar-refractivity contribution < 1.29 is 30.3 Å². The van der Waals surface area contributed by atoms with E-state index < -0.39 is 36.9 Å². The number of aliphatic hydroxyl groups excluding tert-OH is 5. The molecule has 0 spiro atoms. The van der Waals surface area contributed by atoms with Crippen LogP contribution in [0.4, 0.5) is 0 Å². The van der Waals surface area contributed by atoms with Crippen molar-refractivity contribution in [2.24, 2.45) is 5.10 Å². The van der Waals surface area contributed by atoms with Crippen molar-refractivity contribution in [1.82, 2.24) is 5.43 Å². The summed E-state index contributed by atoms with van der Waals surface area (Å²) in [4.78, 5) is 12.2. The second-order valence-corrected chi connectivity index (χ2v) is 4.94. The topological polar surface area (TPSA) is 143 Å². The van der Waals surface area contributed by atoms with Crippen molar-refractivity contribution in [1.29, 1.82) is 0 Å². The first-order valence-electron chi connectivity index (χ1n) is 6.33. The van der Waals surface area contributed by atoms with Crippen molar-refractivity contribution in [2.45, 2.75) is 29.3 Å². The van der Waals surface area contributed by atoms with Crippen LogP contribution in [-0.2, 0) is 0 Å². The Bertz CT molecular complexity index is 527. The number of aliphatic hydroxyl groups is 5. The van der Waals surface area contributed by atoms with E-state index in [0.29, 0.717) is 4.90 Å². The fourth-order valence-corrected chi connectivity index (χ4v) is 1.79. The molecule has 8 nitrogen and oxygen atoms in total. The highest BCUT2D eigenvalue weighted by Gasteiger charge is 2.29. The van der Waals surface area contributed by atoms with E-state index in [9.17, 15) is 20.1 Å². The summed E-state index contributed by atoms with van der Waals surface area (Å²) in [6, 6.07) is 6.49. The predicted octanol–water partition coefficient (Wildman–Crippen LogP) is -1.87. The van der Waals surface area contributed by atoms with Crippen LogP contribution in [0.2, 0.25) is 0 Å². The van der Waals surface area contributed by atoms with Crippen molar-refractivity contribution >= 4 is 24.8 Å². The molecule has 1 aromatic rings. The number of hydrogen-bond acceptors (Lipinski definition) is 8. The van der Waals surface area contributed by atoms with Crippen LogP contribution in [0.25, 0.3) is 0 Å². The summed E-state index contributed by atoms with van der Waals surface area (Å²) >= 11 is 4.11. The maximum absolute atomic E-state index is 11.8. The summed E-state index contributed by atoms with van der Waals surface area (Å²) < 4.78 is 0. The van der Waals surface area contributed by atoms with Gasteiger partial charge < -0.3 is 25.5 Å². The van der Waals surface area contributed by atoms with Crippen LogP contribution in [0.3, 0.4) is 0 Å². The van der Waals surface area contributed by atoms with E-state index in [2.05, 4.69) is 23.2 Å². The molecule has 0 aliphatic carbocycles. The zero-order chi connectivity index (χ0) is 16.7. The van der Waals surface area contributed by atoms with E-state index in [1.54, 1.807) is 18.2 Å². The molecule has 1 amide bonds. The molecular formula is C13H18N2O6S. The monoisotopic (exact) mass is 330 g/mol. The van der Waals surface area contributed by atoms with Crippen molar-refractivity contribution in [2.75, 3.05) is 6.61 Å². The molecule has 0 unspecified atom stereocenters. The second kappa shape index (κ2) is 8.83. The van der Waals surface area contributed by atoms with Gasteiger partial charge in [-0.2, -0.15) is 5.10 Å². The van der Waals surface area contributed by atoms with E-state index >= 15 is 0 Å². The quantitative estimate of drug-likeness (QED) is 0.177. The van der Waals surface area contributed by atoms with Crippen LogP contribution in [0.1, 0.15) is 10.4 Å². The van der Waals surface area contributed by atoms with Gasteiger partial charge in [0.1, 0.15) is 24.4 Å². The lowest BCUT2D eigenvalue weighted by Gasteiger charge is -2.23. The average molecular weight is 330 g/mol. The number of carbonyl (C=O) groups is 1. The first kappa shape index (κ1) is 18.6. The number of rotatable bonds is 7. The normalized spacial score (nSPS) is 17.0. The minimum Gasteiger partial charge on any atom is -0.394 e. The Hall–Kier alpha value is -1.49. The van der Waals surface area contributed by atoms with Gasteiger partial charge in [-0.05, 0) is 12.1 Å². The minimum atomic E-state index is -1.78. The molecule has 0 saturated carbocycles. The minimum absolute atomic E-state index is 0.272. The van der Waals surface area contributed by atoms with Gasteiger partial charge in [-0.25, -0.2) is 5.43 Å². The zero-order valence-corrected chi connectivity index (χ0v) is 12.3. The SMILES string of the molecule is O=C(NN=C[C@@H](O)[C@@H](O)[C@H](O)[C@H](O)CO)c1ccccc1S. The van der Waals surface area contributed by atoms with Gasteiger partial charge in [0.05, 0.1) is 18.4 Å². The third-order valence-electron chi connectivity index (χ3n) is 2.82. The molecule has 0 aliphatic rings. The van der Waals surface area contributed by atoms with Gasteiger partial charge in [0, 0.05) is 4.90 Å². The lowest BCUT2D eigenvalue weighted by atomic mass is 10.0. The van der Waals surface area contributed by atoms with Gasteiger partial charge in [-0.3, -0.25) is 4.79 Å². The van der Waals surface area contributed by atoms with Gasteiger partial charge in [0.2, 0.25) is 0 Å². The number of hydrogen-bond donors (Lipinski definition) is 7. The molecule has 4 atom stereocenters. The molecule has 0 bridgehead atoms. The highest BCUT2D eigenvalue weighted by Crippen LogP contribution is 2.12. The maximum atomic E-state index is 11.8. The number of nitrogens with one attached hydrogen (secondary N) is 1. The highest BCUT2D eigenvalue weighted by atomic mass is 32.1. The third kappa shape index (κ3) is 5.05. The standard InChI is InChI=1S/C13H18N2O6S/c16-6-9(18)12(20)11(19)8(17)5-14-15-13(21)7-3-1-2-4-10(7)22/h1-5,8-9,11-12,16-20,22H,6H2,(H,15,21)/t8-,9-,11-,12-/m1/s1. The van der Waals surface area contributed by atoms with Crippen LogP contribution in [-0.4, -0.2) is 68.7 Å². The summed E-state index contributed by atoms with van der Waals surface area (Å²) in [5, 5.41) is 49.7. The summed E-state index contributed by atoms with van der Waals surface area (Å²) in [6.45, 7) is -0.780. The summed E-state index contributed by atoms with van der Waals surface area (Å²) in [6.07, 6.45) is -6.01. The molecule has 9 heteroatoms. The number of amides is 1. The Morgan fingerprint density at radius 2 is 1.86 bits per heavy atom. The summed E-state index contributed by atoms with van der Waals surface area (Å²) in [5.41, 5.74) is 2.40. The van der Waals surface area contributed by atoms with E-state index in [1.807, 2.05) is 0 Å². The van der Waals surface area contributed by atoms with Crippen LogP contribution in [0.5, 0.6) is 0 Å². The van der Waals surface area contributed by atoms with Crippen LogP contribution in [0, 0.1) is 0 Å². The molecular weight excluding hydrogens is 312 g/mol. The summed E-state index contributed by atoms with van der Waals surface area (Å²) in [7, 11) is 0. The van der Waals surface area contributed by atoms with Crippen LogP contribution < -0.4 is 5.43 Å². The molecule has 0 fully saturated rings. The van der Waals surface area contributed by atoms with Crippen molar-refractivity contribution in [3.8, 4) is 0 Å². The Morgan fingerprint density at radius 1 is 1.23 bits per heavy atom. The predicted molar refractivity (Wildman–Crippen MR) is 80.8 cm³/mol. The molecule has 1 rings (SSSR count). The van der Waals surface area contributed by atoms with E-state index in [4.69, 9.17) is 10.2 Å². The first-order valence-corrected chi connectivity index (χ1v) is 6.77. The molecule has 122 valence electrons. The molecule has 0 heterocycles. The number of carbonyl (C=O) groups excluding carboxylic acids is 1. The zero-order valence-electron chi connectivity index (χ0n) is 11.4. The Kier molecular flexibility index (Phi) is 7.45. The maximum Gasteiger partial charge on any atom is 0.272 e. The smallest absolute Gasteiger partial charge is 0.272 e. The second-order valence-electron chi connectivity index (χ2n) is 4.46. The van der Waals surface area contributed by atoms with Crippen molar-refractivity contribution in [3.63, 3.8) is 0 Å². The molecule has 0 aromatic heterocycles. The molecule has 22 heavy (non-hydrogen) atoms. The molecule has 0 radical (unpaired) electrons. The van der Waals surface area contributed by atoms with Gasteiger partial charge in [-0.15, -0.1) is 12.6 Å². The van der Waals surface area contributed by atoms with Crippen LogP contribution in [0.15, 0.2) is 34.3 Å². The Labute approximate surface area is 132 Å². The van der Waals surface area contributed by atoms with Gasteiger partial charge in [0.25, 0.3) is 5.91 Å². The number of hydrazone groups is 1. The highest BCUT2D eigenvalue weighted by molar-refractivity contribution is 7.80. The van der Waals surface area contributed by atoms with Gasteiger partial charge in [0.15, 0.2) is 0 Å². The number of benzene rings is 1. The lowest BCUT2D eigenvalue weighted by molar-refractivity contribution is -0.0999. The fourth-order valence-electron chi connectivity index (χ4n) is 1.52. The van der Waals surface area contributed by atoms with E-state index in [0.717, 1.165) is 6.21 Å². The van der Waals surface area contributed by atoms with Gasteiger partial charge in [-0.1, -0.05) is 12.1 Å². The largest absolute Gasteiger partial charge is 0.394 e. The van der Waals surface area contributed by atoms with Crippen LogP contribution >= 0.6 is 12.6 Å². The van der Waals surface area contributed by atoms with E-state index in [-0.39, 0.29) is 5.56 Å². The average Bonchev–Trinajstić information content (AvgIpc) is 2.52. The Morgan fingerprint density at radius 3 is 2.45 bits per heavy atom. The third-order valence-corrected chi connectivity index (χ3v) is 3.21. The molecule has 0 saturated heterocycles. The van der Waals surface area contributed by atoms with E-state index in [1.165, 1.54) is 6.07 Å². The molecule has 0 aliphatic heterocycles. The number of nitrogens with zero attached hydrogens (tertiary/aromatic N) is 1. The Balaban J connectivity index is 2.58. The fraction of sp³-hybridized carbons (Fsp3) is 0.385. The summed E-state index contributed by atoms with van der Waals surface area (Å²) in [5.74, 6) is -0.570. The van der Waals surface area contributed by atoms with Gasteiger partial charge >= 0.3 is 0 Å². The van der Waals surface area contributed by atoms with Crippen molar-refractivity contribution in [3.05, 3.63) is 29.8 Å². The number of thiol groups is 1.